The summed E-state index contributed by atoms with van der Waals surface area (Å²) >= 11 is 0. The van der Waals surface area contributed by atoms with Crippen LogP contribution in [-0.2, 0) is 16.4 Å². The molecule has 6 nitrogen and oxygen atoms in total. The van der Waals surface area contributed by atoms with E-state index in [0.717, 1.165) is 5.56 Å². The molecule has 0 fully saturated rings. The average Bonchev–Trinajstić information content (AvgIpc) is 2.42. The number of hydrogen-bond acceptors (Lipinski definition) is 5. The number of hydrogen-bond donors (Lipinski definition) is 2. The van der Waals surface area contributed by atoms with E-state index in [9.17, 15) is 8.42 Å². The van der Waals surface area contributed by atoms with Crippen LogP contribution in [0.3, 0.4) is 0 Å². The highest BCUT2D eigenvalue weighted by atomic mass is 32.2. The number of rotatable bonds is 4. The second-order valence-corrected chi connectivity index (χ2v) is 5.89. The first kappa shape index (κ1) is 14.8. The molecule has 0 radical (unpaired) electrons. The van der Waals surface area contributed by atoms with E-state index >= 15 is 0 Å². The predicted octanol–water partition coefficient (Wildman–Crippen LogP) is 1.77. The first-order chi connectivity index (χ1) is 9.90. The van der Waals surface area contributed by atoms with E-state index in [4.69, 9.17) is 20.9 Å². The highest BCUT2D eigenvalue weighted by molar-refractivity contribution is 7.89. The smallest absolute Gasteiger partial charge is 0.238 e. The Morgan fingerprint density at radius 2 is 1.81 bits per heavy atom. The zero-order valence-electron chi connectivity index (χ0n) is 11.0. The summed E-state index contributed by atoms with van der Waals surface area (Å²) in [7, 11) is -3.82. The summed E-state index contributed by atoms with van der Waals surface area (Å²) in [4.78, 5) is -0.0761. The zero-order chi connectivity index (χ0) is 15.5. The van der Waals surface area contributed by atoms with Crippen molar-refractivity contribution in [2.45, 2.75) is 11.3 Å². The molecule has 0 amide bonds. The minimum atomic E-state index is -3.82. The van der Waals surface area contributed by atoms with E-state index in [1.165, 1.54) is 18.2 Å². The lowest BCUT2D eigenvalue weighted by Gasteiger charge is -2.10. The quantitative estimate of drug-likeness (QED) is 0.834. The monoisotopic (exact) mass is 303 g/mol. The van der Waals surface area contributed by atoms with E-state index in [0.29, 0.717) is 17.9 Å². The van der Waals surface area contributed by atoms with Crippen molar-refractivity contribution in [3.63, 3.8) is 0 Å². The molecule has 2 aromatic rings. The van der Waals surface area contributed by atoms with Crippen LogP contribution in [0.15, 0.2) is 47.4 Å². The van der Waals surface area contributed by atoms with E-state index in [2.05, 4.69) is 0 Å². The van der Waals surface area contributed by atoms with Gasteiger partial charge in [0, 0.05) is 6.07 Å². The van der Waals surface area contributed by atoms with E-state index in [-0.39, 0.29) is 10.6 Å². The second kappa shape index (κ2) is 5.83. The lowest BCUT2D eigenvalue weighted by molar-refractivity contribution is 0.483. The van der Waals surface area contributed by atoms with Gasteiger partial charge in [-0.1, -0.05) is 12.1 Å². The number of primary sulfonamides is 1. The van der Waals surface area contributed by atoms with Crippen LogP contribution >= 0.6 is 0 Å². The molecule has 108 valence electrons. The lowest BCUT2D eigenvalue weighted by atomic mass is 10.2. The van der Waals surface area contributed by atoms with Crippen LogP contribution in [0.4, 0.5) is 5.69 Å². The zero-order valence-corrected chi connectivity index (χ0v) is 11.8. The van der Waals surface area contributed by atoms with Gasteiger partial charge in [0.2, 0.25) is 10.0 Å². The van der Waals surface area contributed by atoms with Gasteiger partial charge in [0.1, 0.15) is 5.75 Å². The fourth-order valence-electron chi connectivity index (χ4n) is 1.67. The van der Waals surface area contributed by atoms with Crippen molar-refractivity contribution in [2.75, 3.05) is 5.73 Å². The molecule has 0 aliphatic heterocycles. The topological polar surface area (TPSA) is 119 Å². The van der Waals surface area contributed by atoms with Gasteiger partial charge in [0.05, 0.1) is 23.1 Å². The number of nitrogen functional groups attached to an aromatic ring is 1. The Kier molecular flexibility index (Phi) is 4.12. The summed E-state index contributed by atoms with van der Waals surface area (Å²) in [5.74, 6) is 0.685. The van der Waals surface area contributed by atoms with Gasteiger partial charge in [0.25, 0.3) is 0 Å². The summed E-state index contributed by atoms with van der Waals surface area (Å²) < 4.78 is 28.2. The van der Waals surface area contributed by atoms with Crippen LogP contribution in [0.1, 0.15) is 5.56 Å². The molecule has 7 heteroatoms. The molecule has 0 saturated carbocycles. The normalized spacial score (nSPS) is 10.9. The number of nitrogens with zero attached hydrogens (tertiary/aromatic N) is 1. The molecular formula is C14H13N3O3S. The number of nitriles is 1. The molecule has 2 rings (SSSR count). The molecule has 0 bridgehead atoms. The minimum absolute atomic E-state index is 0.0761. The third-order valence-corrected chi connectivity index (χ3v) is 3.66. The van der Waals surface area contributed by atoms with Gasteiger partial charge in [0.15, 0.2) is 5.75 Å². The van der Waals surface area contributed by atoms with Crippen molar-refractivity contribution in [2.24, 2.45) is 5.14 Å². The first-order valence-electron chi connectivity index (χ1n) is 5.96. The predicted molar refractivity (Wildman–Crippen MR) is 78.1 cm³/mol. The van der Waals surface area contributed by atoms with Crippen LogP contribution in [0.25, 0.3) is 0 Å². The molecule has 0 aliphatic rings. The van der Waals surface area contributed by atoms with Crippen molar-refractivity contribution < 1.29 is 13.2 Å². The Morgan fingerprint density at radius 3 is 2.38 bits per heavy atom. The van der Waals surface area contributed by atoms with E-state index in [1.807, 2.05) is 6.07 Å². The highest BCUT2D eigenvalue weighted by Crippen LogP contribution is 2.29. The maximum absolute atomic E-state index is 11.3. The summed E-state index contributed by atoms with van der Waals surface area (Å²) in [6, 6.07) is 12.9. The summed E-state index contributed by atoms with van der Waals surface area (Å²) in [5.41, 5.74) is 6.91. The van der Waals surface area contributed by atoms with Crippen molar-refractivity contribution in [3.05, 3.63) is 48.0 Å². The first-order valence-corrected chi connectivity index (χ1v) is 7.51. The van der Waals surface area contributed by atoms with Crippen LogP contribution < -0.4 is 15.6 Å². The van der Waals surface area contributed by atoms with Crippen LogP contribution in [-0.4, -0.2) is 8.42 Å². The third-order valence-electron chi connectivity index (χ3n) is 2.75. The highest BCUT2D eigenvalue weighted by Gasteiger charge is 2.11. The Bertz CT molecular complexity index is 793. The fraction of sp³-hybridized carbons (Fsp3) is 0.0714. The average molecular weight is 303 g/mol. The Hall–Kier alpha value is -2.56. The number of sulfonamides is 1. The van der Waals surface area contributed by atoms with Gasteiger partial charge in [-0.05, 0) is 29.8 Å². The van der Waals surface area contributed by atoms with Crippen molar-refractivity contribution in [1.82, 2.24) is 0 Å². The SMILES string of the molecule is N#CCc1ccc(Oc2cc(S(N)(=O)=O)ccc2N)cc1. The van der Waals surface area contributed by atoms with Crippen LogP contribution in [0, 0.1) is 11.3 Å². The van der Waals surface area contributed by atoms with Crippen LogP contribution in [0.2, 0.25) is 0 Å². The molecule has 4 N–H and O–H groups in total. The molecule has 0 saturated heterocycles. The summed E-state index contributed by atoms with van der Waals surface area (Å²) in [6.07, 6.45) is 0.309. The molecule has 0 heterocycles. The number of benzene rings is 2. The van der Waals surface area contributed by atoms with Gasteiger partial charge in [-0.15, -0.1) is 0 Å². The molecule has 0 atom stereocenters. The van der Waals surface area contributed by atoms with Crippen molar-refractivity contribution in [1.29, 1.82) is 5.26 Å². The Morgan fingerprint density at radius 1 is 1.14 bits per heavy atom. The maximum atomic E-state index is 11.3. The second-order valence-electron chi connectivity index (χ2n) is 4.33. The maximum Gasteiger partial charge on any atom is 0.238 e. The fourth-order valence-corrected chi connectivity index (χ4v) is 2.20. The summed E-state index contributed by atoms with van der Waals surface area (Å²) in [5, 5.41) is 13.7. The van der Waals surface area contributed by atoms with E-state index < -0.39 is 10.0 Å². The van der Waals surface area contributed by atoms with Crippen molar-refractivity contribution >= 4 is 15.7 Å². The number of nitrogens with two attached hydrogens (primary N) is 2. The lowest BCUT2D eigenvalue weighted by Crippen LogP contribution is -2.12. The molecule has 0 aliphatic carbocycles. The molecule has 21 heavy (non-hydrogen) atoms. The molecular weight excluding hydrogens is 290 g/mol. The Balaban J connectivity index is 2.29. The number of anilines is 1. The van der Waals surface area contributed by atoms with Gasteiger partial charge in [-0.25, -0.2) is 13.6 Å². The van der Waals surface area contributed by atoms with Gasteiger partial charge in [-0.2, -0.15) is 5.26 Å². The largest absolute Gasteiger partial charge is 0.455 e. The van der Waals surface area contributed by atoms with Gasteiger partial charge < -0.3 is 10.5 Å². The number of ether oxygens (including phenoxy) is 1. The molecule has 0 spiro atoms. The molecule has 2 aromatic carbocycles. The van der Waals surface area contributed by atoms with Crippen molar-refractivity contribution in [3.8, 4) is 17.6 Å². The molecule has 0 unspecified atom stereocenters. The Labute approximate surface area is 122 Å². The van der Waals surface area contributed by atoms with E-state index in [1.54, 1.807) is 24.3 Å². The minimum Gasteiger partial charge on any atom is -0.455 e. The summed E-state index contributed by atoms with van der Waals surface area (Å²) in [6.45, 7) is 0. The standard InChI is InChI=1S/C14H13N3O3S/c15-8-7-10-1-3-11(4-2-10)20-14-9-12(21(17,18)19)5-6-13(14)16/h1-6,9H,7,16H2,(H2,17,18,19). The van der Waals surface area contributed by atoms with Gasteiger partial charge in [-0.3, -0.25) is 0 Å². The molecule has 0 aromatic heterocycles. The third kappa shape index (κ3) is 3.72. The van der Waals surface area contributed by atoms with Crippen LogP contribution in [0.5, 0.6) is 11.5 Å². The van der Waals surface area contributed by atoms with Gasteiger partial charge >= 0.3 is 0 Å².